The SMILES string of the molecule is CCCOc1ccc(CC(O)C(=O)O)cc1/C=C/c1ccccc1.O=C(c1ccccc1)c1ccc(O)cc1. The number of carbonyl (C=O) groups is 2. The van der Waals surface area contributed by atoms with Gasteiger partial charge in [-0.25, -0.2) is 4.79 Å². The zero-order valence-corrected chi connectivity index (χ0v) is 21.7. The predicted molar refractivity (Wildman–Crippen MR) is 153 cm³/mol. The number of aliphatic hydroxyl groups excluding tert-OH is 1. The molecule has 0 amide bonds. The molecule has 0 fully saturated rings. The summed E-state index contributed by atoms with van der Waals surface area (Å²) in [4.78, 5) is 22.7. The molecule has 0 radical (unpaired) electrons. The fourth-order valence-electron chi connectivity index (χ4n) is 3.63. The number of carbonyl (C=O) groups excluding carboxylic acids is 1. The summed E-state index contributed by atoms with van der Waals surface area (Å²) in [6, 6.07) is 30.7. The molecular weight excluding hydrogens is 492 g/mol. The van der Waals surface area contributed by atoms with Gasteiger partial charge in [-0.3, -0.25) is 4.79 Å². The summed E-state index contributed by atoms with van der Waals surface area (Å²) in [7, 11) is 0. The number of carboxylic acid groups (broad SMARTS) is 1. The summed E-state index contributed by atoms with van der Waals surface area (Å²) in [6.07, 6.45) is 3.48. The van der Waals surface area contributed by atoms with Crippen molar-refractivity contribution >= 4 is 23.9 Å². The van der Waals surface area contributed by atoms with Crippen molar-refractivity contribution in [2.45, 2.75) is 25.9 Å². The van der Waals surface area contributed by atoms with Gasteiger partial charge in [0.1, 0.15) is 11.5 Å². The lowest BCUT2D eigenvalue weighted by Crippen LogP contribution is -2.21. The maximum atomic E-state index is 11.9. The number of ether oxygens (including phenoxy) is 1. The standard InChI is InChI=1S/C20H22O4.C13H10O2/c1-2-12-24-19-11-9-16(14-18(21)20(22)23)13-17(19)10-8-15-6-4-3-5-7-15;14-12-8-6-11(7-9-12)13(15)10-4-2-1-3-5-10/h3-11,13,18,21H,2,12,14H2,1H3,(H,22,23);1-9,14H/b10-8+;. The monoisotopic (exact) mass is 524 g/mol. The van der Waals surface area contributed by atoms with Crippen LogP contribution in [0.15, 0.2) is 103 Å². The number of phenolic OH excluding ortho intramolecular Hbond substituents is 1. The van der Waals surface area contributed by atoms with Crippen molar-refractivity contribution in [2.75, 3.05) is 6.61 Å². The van der Waals surface area contributed by atoms with Gasteiger partial charge in [0.05, 0.1) is 6.61 Å². The largest absolute Gasteiger partial charge is 0.508 e. The van der Waals surface area contributed by atoms with Crippen molar-refractivity contribution < 1.29 is 29.6 Å². The lowest BCUT2D eigenvalue weighted by molar-refractivity contribution is -0.146. The molecule has 39 heavy (non-hydrogen) atoms. The van der Waals surface area contributed by atoms with Crippen LogP contribution in [-0.4, -0.2) is 39.8 Å². The van der Waals surface area contributed by atoms with E-state index in [0.717, 1.165) is 28.9 Å². The molecule has 0 aliphatic heterocycles. The molecule has 0 bridgehead atoms. The van der Waals surface area contributed by atoms with Crippen LogP contribution in [0.25, 0.3) is 12.2 Å². The molecule has 6 heteroatoms. The Morgan fingerprint density at radius 2 is 1.44 bits per heavy atom. The van der Waals surface area contributed by atoms with Gasteiger partial charge in [-0.1, -0.05) is 85.8 Å². The minimum absolute atomic E-state index is 0.0319. The van der Waals surface area contributed by atoms with Gasteiger partial charge in [0.15, 0.2) is 11.9 Å². The van der Waals surface area contributed by atoms with Crippen LogP contribution in [0, 0.1) is 0 Å². The first-order valence-electron chi connectivity index (χ1n) is 12.7. The molecule has 1 unspecified atom stereocenters. The molecule has 1 atom stereocenters. The van der Waals surface area contributed by atoms with E-state index in [0.29, 0.717) is 17.7 Å². The van der Waals surface area contributed by atoms with Crippen LogP contribution < -0.4 is 4.74 Å². The van der Waals surface area contributed by atoms with Gasteiger partial charge in [-0.05, 0) is 53.9 Å². The van der Waals surface area contributed by atoms with Crippen LogP contribution in [0.4, 0.5) is 0 Å². The summed E-state index contributed by atoms with van der Waals surface area (Å²) >= 11 is 0. The van der Waals surface area contributed by atoms with E-state index in [9.17, 15) is 14.7 Å². The minimum Gasteiger partial charge on any atom is -0.508 e. The average molecular weight is 525 g/mol. The second-order valence-electron chi connectivity index (χ2n) is 8.76. The molecule has 6 nitrogen and oxygen atoms in total. The molecular formula is C33H32O6. The molecule has 3 N–H and O–H groups in total. The van der Waals surface area contributed by atoms with Gasteiger partial charge in [-0.2, -0.15) is 0 Å². The highest BCUT2D eigenvalue weighted by molar-refractivity contribution is 6.08. The fourth-order valence-corrected chi connectivity index (χ4v) is 3.63. The lowest BCUT2D eigenvalue weighted by Gasteiger charge is -2.12. The number of aromatic hydroxyl groups is 1. The summed E-state index contributed by atoms with van der Waals surface area (Å²) in [5, 5.41) is 27.5. The van der Waals surface area contributed by atoms with Crippen LogP contribution in [-0.2, 0) is 11.2 Å². The molecule has 200 valence electrons. The van der Waals surface area contributed by atoms with Gasteiger partial charge in [0, 0.05) is 23.1 Å². The average Bonchev–Trinajstić information content (AvgIpc) is 2.97. The number of ketones is 1. The van der Waals surface area contributed by atoms with Crippen LogP contribution in [0.5, 0.6) is 11.5 Å². The molecule has 4 aromatic carbocycles. The fraction of sp³-hybridized carbons (Fsp3) is 0.152. The van der Waals surface area contributed by atoms with Gasteiger partial charge >= 0.3 is 5.97 Å². The zero-order chi connectivity index (χ0) is 28.0. The van der Waals surface area contributed by atoms with E-state index in [1.54, 1.807) is 30.3 Å². The number of carboxylic acids is 1. The van der Waals surface area contributed by atoms with Crippen molar-refractivity contribution in [1.82, 2.24) is 0 Å². The van der Waals surface area contributed by atoms with Crippen LogP contribution in [0.1, 0.15) is 46.0 Å². The number of aliphatic carboxylic acids is 1. The molecule has 0 aliphatic carbocycles. The quantitative estimate of drug-likeness (QED) is 0.167. The van der Waals surface area contributed by atoms with E-state index >= 15 is 0 Å². The number of aliphatic hydroxyl groups is 1. The van der Waals surface area contributed by atoms with Gasteiger partial charge in [0.25, 0.3) is 0 Å². The van der Waals surface area contributed by atoms with E-state index in [1.807, 2.05) is 79.7 Å². The van der Waals surface area contributed by atoms with Gasteiger partial charge < -0.3 is 20.1 Å². The molecule has 0 heterocycles. The third kappa shape index (κ3) is 9.29. The highest BCUT2D eigenvalue weighted by Gasteiger charge is 2.14. The number of rotatable bonds is 10. The minimum atomic E-state index is -1.40. The number of phenols is 1. The van der Waals surface area contributed by atoms with Crippen LogP contribution in [0.3, 0.4) is 0 Å². The smallest absolute Gasteiger partial charge is 0.332 e. The summed E-state index contributed by atoms with van der Waals surface area (Å²) in [5.41, 5.74) is 3.92. The van der Waals surface area contributed by atoms with E-state index in [4.69, 9.17) is 14.9 Å². The molecule has 0 aromatic heterocycles. The molecule has 0 spiro atoms. The molecule has 0 saturated carbocycles. The Kier molecular flexibility index (Phi) is 11.0. The Morgan fingerprint density at radius 3 is 2.05 bits per heavy atom. The first-order chi connectivity index (χ1) is 18.9. The summed E-state index contributed by atoms with van der Waals surface area (Å²) < 4.78 is 5.75. The highest BCUT2D eigenvalue weighted by Crippen LogP contribution is 2.24. The van der Waals surface area contributed by atoms with E-state index in [2.05, 4.69) is 0 Å². The zero-order valence-electron chi connectivity index (χ0n) is 21.7. The number of hydrogen-bond acceptors (Lipinski definition) is 5. The Balaban J connectivity index is 0.000000239. The van der Waals surface area contributed by atoms with Crippen molar-refractivity contribution in [2.24, 2.45) is 0 Å². The van der Waals surface area contributed by atoms with Crippen molar-refractivity contribution in [3.8, 4) is 11.5 Å². The normalized spacial score (nSPS) is 11.3. The maximum absolute atomic E-state index is 11.9. The maximum Gasteiger partial charge on any atom is 0.332 e. The summed E-state index contributed by atoms with van der Waals surface area (Å²) in [6.45, 7) is 2.65. The lowest BCUT2D eigenvalue weighted by atomic mass is 10.0. The van der Waals surface area contributed by atoms with E-state index < -0.39 is 12.1 Å². The Labute approximate surface area is 228 Å². The molecule has 4 rings (SSSR count). The van der Waals surface area contributed by atoms with Crippen molar-refractivity contribution in [3.63, 3.8) is 0 Å². The molecule has 0 saturated heterocycles. The van der Waals surface area contributed by atoms with Gasteiger partial charge in [-0.15, -0.1) is 0 Å². The van der Waals surface area contributed by atoms with E-state index in [1.165, 1.54) is 12.1 Å². The Morgan fingerprint density at radius 1 is 0.821 bits per heavy atom. The first kappa shape index (κ1) is 28.9. The Hall–Kier alpha value is -4.68. The molecule has 0 aliphatic rings. The second kappa shape index (κ2) is 14.9. The summed E-state index contributed by atoms with van der Waals surface area (Å²) in [5.74, 6) is -0.338. The van der Waals surface area contributed by atoms with Gasteiger partial charge in [0.2, 0.25) is 0 Å². The number of benzene rings is 4. The first-order valence-corrected chi connectivity index (χ1v) is 12.7. The van der Waals surface area contributed by atoms with Crippen LogP contribution >= 0.6 is 0 Å². The van der Waals surface area contributed by atoms with Crippen LogP contribution in [0.2, 0.25) is 0 Å². The molecule has 4 aromatic rings. The van der Waals surface area contributed by atoms with Crippen molar-refractivity contribution in [1.29, 1.82) is 0 Å². The second-order valence-corrected chi connectivity index (χ2v) is 8.76. The predicted octanol–water partition coefficient (Wildman–Crippen LogP) is 6.26. The van der Waals surface area contributed by atoms with Crippen molar-refractivity contribution in [3.05, 3.63) is 131 Å². The van der Waals surface area contributed by atoms with E-state index in [-0.39, 0.29) is 18.0 Å². The number of hydrogen-bond donors (Lipinski definition) is 3. The highest BCUT2D eigenvalue weighted by atomic mass is 16.5. The topological polar surface area (TPSA) is 104 Å². The Bertz CT molecular complexity index is 1360. The third-order valence-corrected chi connectivity index (χ3v) is 5.67. The third-order valence-electron chi connectivity index (χ3n) is 5.67.